The molecule has 0 spiro atoms. The second-order valence-electron chi connectivity index (χ2n) is 5.55. The van der Waals surface area contributed by atoms with Crippen LogP contribution in [0.2, 0.25) is 0 Å². The van der Waals surface area contributed by atoms with Crippen molar-refractivity contribution in [1.29, 1.82) is 0 Å². The van der Waals surface area contributed by atoms with Crippen molar-refractivity contribution >= 4 is 23.5 Å². The first-order chi connectivity index (χ1) is 11.4. The number of halogens is 3. The molecule has 2 aromatic rings. The van der Waals surface area contributed by atoms with E-state index in [2.05, 4.69) is 15.4 Å². The van der Waals surface area contributed by atoms with Gasteiger partial charge in [-0.2, -0.15) is 18.3 Å². The van der Waals surface area contributed by atoms with Gasteiger partial charge in [-0.25, -0.2) is 9.67 Å². The number of nitrogens with zero attached hydrogens (tertiary/aromatic N) is 3. The number of carbonyl (C=O) groups is 1. The number of hydrogen-bond acceptors (Lipinski definition) is 3. The molecule has 2 unspecified atom stereocenters. The van der Waals surface area contributed by atoms with E-state index in [-0.39, 0.29) is 17.6 Å². The summed E-state index contributed by atoms with van der Waals surface area (Å²) in [6, 6.07) is 9.93. The van der Waals surface area contributed by atoms with Crippen LogP contribution in [0.3, 0.4) is 0 Å². The summed E-state index contributed by atoms with van der Waals surface area (Å²) < 4.78 is 39.6. The van der Waals surface area contributed by atoms with Crippen LogP contribution >= 0.6 is 0 Å². The van der Waals surface area contributed by atoms with Gasteiger partial charge in [-0.1, -0.05) is 36.4 Å². The minimum Gasteiger partial charge on any atom is -0.329 e. The predicted octanol–water partition coefficient (Wildman–Crippen LogP) is 2.95. The summed E-state index contributed by atoms with van der Waals surface area (Å²) in [7, 11) is 0. The molecule has 1 aromatic heterocycles. The molecule has 122 valence electrons. The van der Waals surface area contributed by atoms with Gasteiger partial charge in [-0.05, 0) is 5.56 Å². The zero-order chi connectivity index (χ0) is 16.9. The third kappa shape index (κ3) is 2.31. The van der Waals surface area contributed by atoms with Crippen LogP contribution in [0.15, 0.2) is 47.5 Å². The summed E-state index contributed by atoms with van der Waals surface area (Å²) in [5, 5.41) is 6.30. The van der Waals surface area contributed by atoms with Crippen molar-refractivity contribution < 1.29 is 18.0 Å². The second kappa shape index (κ2) is 5.05. The molecule has 0 aliphatic carbocycles. The largest absolute Gasteiger partial charge is 0.435 e. The van der Waals surface area contributed by atoms with E-state index in [9.17, 15) is 18.0 Å². The van der Waals surface area contributed by atoms with Crippen molar-refractivity contribution in [2.24, 2.45) is 10.9 Å². The molecule has 0 saturated heterocycles. The predicted molar refractivity (Wildman–Crippen MR) is 80.5 cm³/mol. The van der Waals surface area contributed by atoms with E-state index in [0.29, 0.717) is 5.57 Å². The summed E-state index contributed by atoms with van der Waals surface area (Å²) in [6.07, 6.45) is -2.03. The lowest BCUT2D eigenvalue weighted by molar-refractivity contribution is -0.141. The molecule has 5 nitrogen and oxygen atoms in total. The molecular weight excluding hydrogens is 321 g/mol. The van der Waals surface area contributed by atoms with Gasteiger partial charge in [0.25, 0.3) is 5.91 Å². The van der Waals surface area contributed by atoms with Crippen LogP contribution in [0.1, 0.15) is 17.4 Å². The van der Waals surface area contributed by atoms with Crippen LogP contribution in [0.5, 0.6) is 0 Å². The van der Waals surface area contributed by atoms with E-state index in [1.54, 1.807) is 18.2 Å². The van der Waals surface area contributed by atoms with Crippen molar-refractivity contribution in [3.05, 3.63) is 53.7 Å². The quantitative estimate of drug-likeness (QED) is 0.873. The average molecular weight is 332 g/mol. The molecule has 4 rings (SSSR count). The molecular formula is C16H11F3N4O. The van der Waals surface area contributed by atoms with Crippen molar-refractivity contribution in [3.8, 4) is 0 Å². The van der Waals surface area contributed by atoms with E-state index in [1.165, 1.54) is 6.21 Å². The number of carbonyl (C=O) groups excluding carboxylic acids is 1. The Morgan fingerprint density at radius 3 is 2.62 bits per heavy atom. The average Bonchev–Trinajstić information content (AvgIpc) is 3.00. The van der Waals surface area contributed by atoms with Crippen LogP contribution in [0.25, 0.3) is 5.57 Å². The van der Waals surface area contributed by atoms with Crippen LogP contribution in [-0.4, -0.2) is 21.9 Å². The maximum absolute atomic E-state index is 12.8. The Morgan fingerprint density at radius 1 is 1.17 bits per heavy atom. The molecule has 0 fully saturated rings. The van der Waals surface area contributed by atoms with Gasteiger partial charge in [-0.3, -0.25) is 4.79 Å². The number of alkyl halides is 3. The van der Waals surface area contributed by atoms with E-state index < -0.39 is 18.0 Å². The minimum absolute atomic E-state index is 0.0698. The Balaban J connectivity index is 1.74. The Hall–Kier alpha value is -2.90. The van der Waals surface area contributed by atoms with Crippen molar-refractivity contribution in [3.63, 3.8) is 0 Å². The lowest BCUT2D eigenvalue weighted by Gasteiger charge is -2.31. The zero-order valence-electron chi connectivity index (χ0n) is 12.2. The van der Waals surface area contributed by atoms with Gasteiger partial charge in [0.05, 0.1) is 5.92 Å². The summed E-state index contributed by atoms with van der Waals surface area (Å²) in [6.45, 7) is 0. The van der Waals surface area contributed by atoms with E-state index >= 15 is 0 Å². The number of hydrogen-bond donors (Lipinski definition) is 1. The highest BCUT2D eigenvalue weighted by Gasteiger charge is 2.39. The topological polar surface area (TPSA) is 59.3 Å². The molecule has 3 heterocycles. The highest BCUT2D eigenvalue weighted by atomic mass is 19.4. The number of rotatable bonds is 1. The maximum atomic E-state index is 12.8. The fraction of sp³-hybridized carbons (Fsp3) is 0.188. The van der Waals surface area contributed by atoms with E-state index in [0.717, 1.165) is 16.3 Å². The summed E-state index contributed by atoms with van der Waals surface area (Å²) in [5.41, 5.74) is 0.182. The van der Waals surface area contributed by atoms with Gasteiger partial charge in [-0.15, -0.1) is 0 Å². The Morgan fingerprint density at radius 2 is 1.92 bits per heavy atom. The first kappa shape index (κ1) is 14.7. The molecule has 2 aliphatic heterocycles. The highest BCUT2D eigenvalue weighted by Crippen LogP contribution is 2.37. The van der Waals surface area contributed by atoms with Gasteiger partial charge in [0.1, 0.15) is 6.17 Å². The lowest BCUT2D eigenvalue weighted by Crippen LogP contribution is -2.43. The zero-order valence-corrected chi connectivity index (χ0v) is 12.2. The smallest absolute Gasteiger partial charge is 0.329 e. The molecule has 0 radical (unpaired) electrons. The maximum Gasteiger partial charge on any atom is 0.435 e. The molecule has 2 atom stereocenters. The molecule has 24 heavy (non-hydrogen) atoms. The fourth-order valence-electron chi connectivity index (χ4n) is 2.85. The number of aromatic nitrogens is 2. The number of amides is 1. The van der Waals surface area contributed by atoms with Gasteiger partial charge < -0.3 is 5.32 Å². The molecule has 8 heteroatoms. The molecule has 2 aliphatic rings. The third-order valence-electron chi connectivity index (χ3n) is 3.98. The normalized spacial score (nSPS) is 22.5. The van der Waals surface area contributed by atoms with Crippen LogP contribution in [0, 0.1) is 5.92 Å². The standard InChI is InChI=1S/C16H11F3N4O/c17-16(18,19)12-7-13-20-8-10-6-11(9-4-2-1-3-5-9)15(24)21-14(10)23(13)22-12/h1-8,10,14H,(H,21,24). The molecule has 1 N–H and O–H groups in total. The van der Waals surface area contributed by atoms with Crippen LogP contribution in [0.4, 0.5) is 19.0 Å². The molecule has 1 amide bonds. The number of benzene rings is 1. The summed E-state index contributed by atoms with van der Waals surface area (Å²) >= 11 is 0. The SMILES string of the molecule is O=C1NC2C(C=Nc3cc(C(F)(F)F)nn32)C=C1c1ccccc1. The highest BCUT2D eigenvalue weighted by molar-refractivity contribution is 6.20. The van der Waals surface area contributed by atoms with E-state index in [1.807, 2.05) is 18.2 Å². The Bertz CT molecular complexity index is 867. The van der Waals surface area contributed by atoms with E-state index in [4.69, 9.17) is 0 Å². The number of aliphatic imine (C=N–C) groups is 1. The minimum atomic E-state index is -4.56. The van der Waals surface area contributed by atoms with Crippen molar-refractivity contribution in [2.75, 3.05) is 0 Å². The third-order valence-corrected chi connectivity index (χ3v) is 3.98. The summed E-state index contributed by atoms with van der Waals surface area (Å²) in [5.74, 6) is -0.653. The van der Waals surface area contributed by atoms with Gasteiger partial charge >= 0.3 is 6.18 Å². The fourth-order valence-corrected chi connectivity index (χ4v) is 2.85. The molecule has 1 aromatic carbocycles. The number of nitrogens with one attached hydrogen (secondary N) is 1. The molecule has 0 bridgehead atoms. The lowest BCUT2D eigenvalue weighted by atomic mass is 9.93. The molecule has 0 saturated carbocycles. The Labute approximate surface area is 134 Å². The van der Waals surface area contributed by atoms with Gasteiger partial charge in [0.15, 0.2) is 11.5 Å². The first-order valence-electron chi connectivity index (χ1n) is 7.22. The van der Waals surface area contributed by atoms with Crippen LogP contribution in [-0.2, 0) is 11.0 Å². The summed E-state index contributed by atoms with van der Waals surface area (Å²) in [4.78, 5) is 16.4. The van der Waals surface area contributed by atoms with Crippen molar-refractivity contribution in [1.82, 2.24) is 15.1 Å². The van der Waals surface area contributed by atoms with Crippen LogP contribution < -0.4 is 5.32 Å². The second-order valence-corrected chi connectivity index (χ2v) is 5.55. The Kier molecular flexibility index (Phi) is 3.09. The monoisotopic (exact) mass is 332 g/mol. The van der Waals surface area contributed by atoms with Gasteiger partial charge in [0, 0.05) is 17.9 Å². The number of fused-ring (bicyclic) bond motifs is 3. The first-order valence-corrected chi connectivity index (χ1v) is 7.22. The van der Waals surface area contributed by atoms with Gasteiger partial charge in [0.2, 0.25) is 0 Å². The van der Waals surface area contributed by atoms with Crippen molar-refractivity contribution in [2.45, 2.75) is 12.3 Å².